The molecule has 0 heterocycles. The van der Waals surface area contributed by atoms with Crippen LogP contribution in [-0.2, 0) is 0 Å². The fraction of sp³-hybridized carbons (Fsp3) is 0.250. The topological polar surface area (TPSA) is 0 Å². The van der Waals surface area contributed by atoms with Crippen LogP contribution < -0.4 is 0 Å². The third-order valence-electron chi connectivity index (χ3n) is 2.91. The molecule has 17 heavy (non-hydrogen) atoms. The second kappa shape index (κ2) is 4.93. The van der Waals surface area contributed by atoms with Crippen molar-refractivity contribution in [2.24, 2.45) is 0 Å². The molecule has 0 nitrogen and oxygen atoms in total. The minimum absolute atomic E-state index is 0.0609. The van der Waals surface area contributed by atoms with E-state index in [1.807, 2.05) is 0 Å². The van der Waals surface area contributed by atoms with Crippen molar-refractivity contribution in [3.8, 4) is 0 Å². The molecule has 0 aliphatic rings. The van der Waals surface area contributed by atoms with Crippen molar-refractivity contribution in [2.45, 2.75) is 26.1 Å². The van der Waals surface area contributed by atoms with Crippen molar-refractivity contribution in [1.82, 2.24) is 0 Å². The van der Waals surface area contributed by atoms with Crippen LogP contribution in [0.2, 0.25) is 0 Å². The number of rotatable bonds is 2. The van der Waals surface area contributed by atoms with Gasteiger partial charge in [-0.05, 0) is 31.9 Å². The Morgan fingerprint density at radius 1 is 0.706 bits per heavy atom. The van der Waals surface area contributed by atoms with Gasteiger partial charge in [0.15, 0.2) is 0 Å². The first-order chi connectivity index (χ1) is 8.06. The van der Waals surface area contributed by atoms with Crippen molar-refractivity contribution >= 4 is 11.6 Å². The molecule has 88 valence electrons. The van der Waals surface area contributed by atoms with Gasteiger partial charge < -0.3 is 0 Å². The van der Waals surface area contributed by atoms with Crippen LogP contribution in [0.15, 0.2) is 42.5 Å². The van der Waals surface area contributed by atoms with Gasteiger partial charge in [-0.25, -0.2) is 0 Å². The van der Waals surface area contributed by atoms with Crippen LogP contribution in [0, 0.1) is 20.8 Å². The molecule has 0 amide bonds. The number of aryl methyl sites for hydroxylation is 3. The van der Waals surface area contributed by atoms with E-state index in [0.717, 1.165) is 5.56 Å². The highest BCUT2D eigenvalue weighted by atomic mass is 35.5. The van der Waals surface area contributed by atoms with Crippen LogP contribution in [0.5, 0.6) is 0 Å². The van der Waals surface area contributed by atoms with Gasteiger partial charge in [0.25, 0.3) is 0 Å². The van der Waals surface area contributed by atoms with Crippen molar-refractivity contribution in [3.63, 3.8) is 0 Å². The highest BCUT2D eigenvalue weighted by Crippen LogP contribution is 2.30. The summed E-state index contributed by atoms with van der Waals surface area (Å²) in [6.45, 7) is 6.30. The lowest BCUT2D eigenvalue weighted by atomic mass is 9.99. The highest BCUT2D eigenvalue weighted by molar-refractivity contribution is 6.22. The highest BCUT2D eigenvalue weighted by Gasteiger charge is 2.11. The van der Waals surface area contributed by atoms with Crippen LogP contribution in [0.4, 0.5) is 0 Å². The Morgan fingerprint density at radius 3 is 1.76 bits per heavy atom. The van der Waals surface area contributed by atoms with Crippen LogP contribution in [0.3, 0.4) is 0 Å². The minimum Gasteiger partial charge on any atom is -0.113 e. The molecule has 2 aromatic carbocycles. The normalized spacial score (nSPS) is 12.5. The number of hydrogen-bond donors (Lipinski definition) is 0. The van der Waals surface area contributed by atoms with Gasteiger partial charge >= 0.3 is 0 Å². The summed E-state index contributed by atoms with van der Waals surface area (Å²) in [6.07, 6.45) is 0. The first-order valence-electron chi connectivity index (χ1n) is 5.85. The van der Waals surface area contributed by atoms with Crippen LogP contribution in [0.25, 0.3) is 0 Å². The monoisotopic (exact) mass is 244 g/mol. The van der Waals surface area contributed by atoms with Gasteiger partial charge in [0.05, 0.1) is 5.38 Å². The molecule has 1 heteroatoms. The van der Waals surface area contributed by atoms with E-state index in [0.29, 0.717) is 0 Å². The summed E-state index contributed by atoms with van der Waals surface area (Å²) in [5, 5.41) is -0.0609. The fourth-order valence-corrected chi connectivity index (χ4v) is 2.36. The van der Waals surface area contributed by atoms with E-state index < -0.39 is 0 Å². The van der Waals surface area contributed by atoms with Gasteiger partial charge in [-0.2, -0.15) is 0 Å². The number of hydrogen-bond acceptors (Lipinski definition) is 0. The van der Waals surface area contributed by atoms with Crippen molar-refractivity contribution in [1.29, 1.82) is 0 Å². The molecule has 0 aliphatic carbocycles. The number of halogens is 1. The van der Waals surface area contributed by atoms with Gasteiger partial charge in [-0.1, -0.05) is 59.2 Å². The summed E-state index contributed by atoms with van der Waals surface area (Å²) in [5.74, 6) is 0. The largest absolute Gasteiger partial charge is 0.113 e. The van der Waals surface area contributed by atoms with E-state index in [1.165, 1.54) is 22.3 Å². The lowest BCUT2D eigenvalue weighted by Gasteiger charge is -2.12. The average molecular weight is 245 g/mol. The van der Waals surface area contributed by atoms with Gasteiger partial charge in [0, 0.05) is 0 Å². The molecule has 1 atom stereocenters. The van der Waals surface area contributed by atoms with Crippen molar-refractivity contribution in [2.75, 3.05) is 0 Å². The van der Waals surface area contributed by atoms with Gasteiger partial charge in [-0.15, -0.1) is 11.6 Å². The molecule has 0 aliphatic heterocycles. The Balaban J connectivity index is 2.36. The molecular weight excluding hydrogens is 228 g/mol. The second-order valence-electron chi connectivity index (χ2n) is 4.69. The summed E-state index contributed by atoms with van der Waals surface area (Å²) in [6, 6.07) is 14.9. The summed E-state index contributed by atoms with van der Waals surface area (Å²) in [5.41, 5.74) is 6.11. The second-order valence-corrected chi connectivity index (χ2v) is 5.13. The molecule has 0 saturated heterocycles. The van der Waals surface area contributed by atoms with Crippen molar-refractivity contribution in [3.05, 3.63) is 70.3 Å². The summed E-state index contributed by atoms with van der Waals surface area (Å²) in [4.78, 5) is 0. The zero-order valence-electron chi connectivity index (χ0n) is 10.5. The van der Waals surface area contributed by atoms with E-state index in [9.17, 15) is 0 Å². The molecular formula is C16H17Cl. The van der Waals surface area contributed by atoms with Crippen molar-refractivity contribution < 1.29 is 0 Å². The first kappa shape index (κ1) is 12.2. The Labute approximate surface area is 108 Å². The Bertz CT molecular complexity index is 491. The van der Waals surface area contributed by atoms with E-state index >= 15 is 0 Å². The summed E-state index contributed by atoms with van der Waals surface area (Å²) >= 11 is 6.53. The molecule has 1 unspecified atom stereocenters. The first-order valence-corrected chi connectivity index (χ1v) is 6.29. The maximum atomic E-state index is 6.53. The van der Waals surface area contributed by atoms with Gasteiger partial charge in [0.2, 0.25) is 0 Å². The van der Waals surface area contributed by atoms with E-state index in [-0.39, 0.29) is 5.38 Å². The Hall–Kier alpha value is -1.27. The molecule has 0 fully saturated rings. The SMILES string of the molecule is Cc1ccc(C(Cl)c2cc(C)cc(C)c2)cc1. The predicted molar refractivity (Wildman–Crippen MR) is 74.8 cm³/mol. The Kier molecular flexibility index (Phi) is 3.54. The molecule has 0 spiro atoms. The molecule has 0 aromatic heterocycles. The zero-order chi connectivity index (χ0) is 12.4. The maximum absolute atomic E-state index is 6.53. The quantitative estimate of drug-likeness (QED) is 0.657. The van der Waals surface area contributed by atoms with Crippen LogP contribution in [0.1, 0.15) is 33.2 Å². The predicted octanol–water partition coefficient (Wildman–Crippen LogP) is 4.94. The number of alkyl halides is 1. The zero-order valence-corrected chi connectivity index (χ0v) is 11.3. The van der Waals surface area contributed by atoms with E-state index in [4.69, 9.17) is 11.6 Å². The Morgan fingerprint density at radius 2 is 1.24 bits per heavy atom. The van der Waals surface area contributed by atoms with Crippen LogP contribution in [-0.4, -0.2) is 0 Å². The van der Waals surface area contributed by atoms with Gasteiger partial charge in [0.1, 0.15) is 0 Å². The molecule has 0 radical (unpaired) electrons. The minimum atomic E-state index is -0.0609. The molecule has 2 aromatic rings. The van der Waals surface area contributed by atoms with E-state index in [1.54, 1.807) is 0 Å². The standard InChI is InChI=1S/C16H17Cl/c1-11-4-6-14(7-5-11)16(17)15-9-12(2)8-13(3)10-15/h4-10,16H,1-3H3. The molecule has 0 saturated carbocycles. The fourth-order valence-electron chi connectivity index (χ4n) is 2.08. The summed E-state index contributed by atoms with van der Waals surface area (Å²) < 4.78 is 0. The maximum Gasteiger partial charge on any atom is 0.0835 e. The van der Waals surface area contributed by atoms with E-state index in [2.05, 4.69) is 63.2 Å². The molecule has 0 bridgehead atoms. The molecule has 0 N–H and O–H groups in total. The van der Waals surface area contributed by atoms with Gasteiger partial charge in [-0.3, -0.25) is 0 Å². The summed E-state index contributed by atoms with van der Waals surface area (Å²) in [7, 11) is 0. The van der Waals surface area contributed by atoms with Crippen LogP contribution >= 0.6 is 11.6 Å². The number of benzene rings is 2. The molecule has 2 rings (SSSR count). The third kappa shape index (κ3) is 2.89. The smallest absolute Gasteiger partial charge is 0.0835 e. The average Bonchev–Trinajstić information content (AvgIpc) is 2.28. The lowest BCUT2D eigenvalue weighted by molar-refractivity contribution is 1.12. The lowest BCUT2D eigenvalue weighted by Crippen LogP contribution is -1.95. The third-order valence-corrected chi connectivity index (χ3v) is 3.41.